The summed E-state index contributed by atoms with van der Waals surface area (Å²) in [6, 6.07) is 7.27. The summed E-state index contributed by atoms with van der Waals surface area (Å²) in [5, 5.41) is 17.5. The molecule has 2 aromatic rings. The van der Waals surface area contributed by atoms with Crippen LogP contribution in [0, 0.1) is 25.2 Å². The molecule has 1 heterocycles. The molecule has 0 aliphatic rings. The maximum atomic E-state index is 9.18. The number of hydrogen-bond acceptors (Lipinski definition) is 4. The number of nitrogens with zero attached hydrogens (tertiary/aromatic N) is 3. The Morgan fingerprint density at radius 2 is 2.05 bits per heavy atom. The molecule has 0 aliphatic heterocycles. The maximum absolute atomic E-state index is 9.18. The Bertz CT molecular complexity index is 682. The van der Waals surface area contributed by atoms with Gasteiger partial charge in [0.2, 0.25) is 0 Å². The summed E-state index contributed by atoms with van der Waals surface area (Å²) in [5.74, 6) is 0.591. The van der Waals surface area contributed by atoms with Crippen molar-refractivity contribution in [3.05, 3.63) is 44.5 Å². The van der Waals surface area contributed by atoms with E-state index in [1.807, 2.05) is 0 Å². The molecule has 2 rings (SSSR count). The molecule has 6 heteroatoms. The molecule has 96 valence electrons. The van der Waals surface area contributed by atoms with E-state index >= 15 is 0 Å². The van der Waals surface area contributed by atoms with E-state index in [9.17, 15) is 5.26 Å². The summed E-state index contributed by atoms with van der Waals surface area (Å²) in [7, 11) is 0. The lowest BCUT2D eigenvalue weighted by molar-refractivity contribution is 0.452. The van der Waals surface area contributed by atoms with Crippen LogP contribution in [0.1, 0.15) is 16.8 Å². The van der Waals surface area contributed by atoms with E-state index in [0.717, 1.165) is 10.0 Å². The van der Waals surface area contributed by atoms with Crippen molar-refractivity contribution in [3.63, 3.8) is 0 Å². The van der Waals surface area contributed by atoms with Gasteiger partial charge in [-0.15, -0.1) is 5.10 Å². The molecule has 0 radical (unpaired) electrons. The highest BCUT2D eigenvalue weighted by Crippen LogP contribution is 2.32. The van der Waals surface area contributed by atoms with Crippen LogP contribution < -0.4 is 4.74 Å². The number of aromatic nitrogens is 2. The highest BCUT2D eigenvalue weighted by atomic mass is 79.9. The third-order valence-corrected chi connectivity index (χ3v) is 3.42. The molecule has 0 N–H and O–H groups in total. The number of rotatable bonds is 2. The molecule has 0 aliphatic carbocycles. The molecule has 0 saturated carbocycles. The lowest BCUT2D eigenvalue weighted by atomic mass is 10.1. The third-order valence-electron chi connectivity index (χ3n) is 2.63. The number of halogens is 2. The fraction of sp³-hybridized carbons (Fsp3) is 0.154. The Morgan fingerprint density at radius 3 is 2.68 bits per heavy atom. The summed E-state index contributed by atoms with van der Waals surface area (Å²) in [5.41, 5.74) is 1.82. The van der Waals surface area contributed by atoms with Gasteiger partial charge in [-0.25, -0.2) is 0 Å². The fourth-order valence-corrected chi connectivity index (χ4v) is 2.16. The number of ether oxygens (including phenoxy) is 1. The van der Waals surface area contributed by atoms with Crippen molar-refractivity contribution >= 4 is 27.5 Å². The second-order valence-electron chi connectivity index (χ2n) is 3.88. The first kappa shape index (κ1) is 13.8. The van der Waals surface area contributed by atoms with Gasteiger partial charge in [0.05, 0.1) is 10.7 Å². The van der Waals surface area contributed by atoms with E-state index in [-0.39, 0.29) is 5.88 Å². The number of benzene rings is 1. The first-order valence-electron chi connectivity index (χ1n) is 5.40. The van der Waals surface area contributed by atoms with E-state index in [1.54, 1.807) is 32.0 Å². The van der Waals surface area contributed by atoms with Crippen molar-refractivity contribution in [1.82, 2.24) is 10.2 Å². The SMILES string of the molecule is Cc1nnc(Oc2ccc(Br)cc2Cl)c(C#N)c1C. The Labute approximate surface area is 124 Å². The van der Waals surface area contributed by atoms with Gasteiger partial charge >= 0.3 is 0 Å². The molecular weight excluding hydrogens is 330 g/mol. The van der Waals surface area contributed by atoms with Gasteiger partial charge in [-0.1, -0.05) is 27.5 Å². The molecule has 0 amide bonds. The molecule has 0 bridgehead atoms. The molecule has 0 saturated heterocycles. The van der Waals surface area contributed by atoms with Crippen molar-refractivity contribution in [2.24, 2.45) is 0 Å². The Balaban J connectivity index is 2.44. The van der Waals surface area contributed by atoms with Gasteiger partial charge in [0.15, 0.2) is 0 Å². The number of aryl methyl sites for hydroxylation is 1. The Morgan fingerprint density at radius 1 is 1.32 bits per heavy atom. The van der Waals surface area contributed by atoms with Crippen LogP contribution in [0.25, 0.3) is 0 Å². The van der Waals surface area contributed by atoms with E-state index in [0.29, 0.717) is 22.0 Å². The van der Waals surface area contributed by atoms with Crippen LogP contribution in [0.2, 0.25) is 5.02 Å². The third kappa shape index (κ3) is 2.86. The summed E-state index contributed by atoms with van der Waals surface area (Å²) in [6.07, 6.45) is 0. The predicted molar refractivity (Wildman–Crippen MR) is 75.4 cm³/mol. The van der Waals surface area contributed by atoms with Gasteiger partial charge in [0.1, 0.15) is 17.4 Å². The van der Waals surface area contributed by atoms with Crippen LogP contribution >= 0.6 is 27.5 Å². The van der Waals surface area contributed by atoms with Crippen LogP contribution in [-0.4, -0.2) is 10.2 Å². The minimum atomic E-state index is 0.162. The first-order valence-corrected chi connectivity index (χ1v) is 6.57. The average molecular weight is 339 g/mol. The zero-order valence-electron chi connectivity index (χ0n) is 10.2. The molecule has 19 heavy (non-hydrogen) atoms. The normalized spacial score (nSPS) is 10.1. The molecule has 4 nitrogen and oxygen atoms in total. The van der Waals surface area contributed by atoms with E-state index in [4.69, 9.17) is 16.3 Å². The highest BCUT2D eigenvalue weighted by Gasteiger charge is 2.14. The standard InChI is InChI=1S/C13H9BrClN3O/c1-7-8(2)17-18-13(10(7)6-16)19-12-4-3-9(14)5-11(12)15/h3-5H,1-2H3. The topological polar surface area (TPSA) is 58.8 Å². The Hall–Kier alpha value is -1.64. The van der Waals surface area contributed by atoms with Crippen molar-refractivity contribution in [3.8, 4) is 17.7 Å². The zero-order chi connectivity index (χ0) is 14.0. The smallest absolute Gasteiger partial charge is 0.257 e. The molecule has 0 unspecified atom stereocenters. The maximum Gasteiger partial charge on any atom is 0.257 e. The van der Waals surface area contributed by atoms with Crippen molar-refractivity contribution in [2.45, 2.75) is 13.8 Å². The number of nitriles is 1. The summed E-state index contributed by atoms with van der Waals surface area (Å²) in [6.45, 7) is 3.60. The van der Waals surface area contributed by atoms with Crippen molar-refractivity contribution in [2.75, 3.05) is 0 Å². The average Bonchev–Trinajstić information content (AvgIpc) is 2.37. The first-order chi connectivity index (χ1) is 9.02. The molecule has 0 spiro atoms. The molecule has 0 atom stereocenters. The molecular formula is C13H9BrClN3O. The zero-order valence-corrected chi connectivity index (χ0v) is 12.6. The van der Waals surface area contributed by atoms with Crippen molar-refractivity contribution < 1.29 is 4.74 Å². The van der Waals surface area contributed by atoms with E-state index < -0.39 is 0 Å². The fourth-order valence-electron chi connectivity index (χ4n) is 1.45. The minimum Gasteiger partial charge on any atom is -0.435 e. The summed E-state index contributed by atoms with van der Waals surface area (Å²) in [4.78, 5) is 0. The van der Waals surface area contributed by atoms with Crippen LogP contribution in [0.3, 0.4) is 0 Å². The van der Waals surface area contributed by atoms with Gasteiger partial charge in [-0.3, -0.25) is 0 Å². The molecule has 0 fully saturated rings. The van der Waals surface area contributed by atoms with Gasteiger partial charge < -0.3 is 4.74 Å². The van der Waals surface area contributed by atoms with E-state index in [2.05, 4.69) is 32.2 Å². The monoisotopic (exact) mass is 337 g/mol. The van der Waals surface area contributed by atoms with Crippen LogP contribution in [0.5, 0.6) is 11.6 Å². The lowest BCUT2D eigenvalue weighted by Gasteiger charge is -2.09. The quantitative estimate of drug-likeness (QED) is 0.824. The summed E-state index contributed by atoms with van der Waals surface area (Å²) < 4.78 is 6.42. The molecule has 1 aromatic heterocycles. The summed E-state index contributed by atoms with van der Waals surface area (Å²) >= 11 is 9.37. The van der Waals surface area contributed by atoms with Crippen LogP contribution in [0.4, 0.5) is 0 Å². The largest absolute Gasteiger partial charge is 0.435 e. The van der Waals surface area contributed by atoms with Gasteiger partial charge in [0.25, 0.3) is 5.88 Å². The van der Waals surface area contributed by atoms with Crippen LogP contribution in [-0.2, 0) is 0 Å². The van der Waals surface area contributed by atoms with E-state index in [1.165, 1.54) is 0 Å². The number of hydrogen-bond donors (Lipinski definition) is 0. The second kappa shape index (κ2) is 5.55. The molecule has 1 aromatic carbocycles. The minimum absolute atomic E-state index is 0.162. The lowest BCUT2D eigenvalue weighted by Crippen LogP contribution is -2.00. The highest BCUT2D eigenvalue weighted by molar-refractivity contribution is 9.10. The van der Waals surface area contributed by atoms with Gasteiger partial charge in [-0.2, -0.15) is 10.4 Å². The second-order valence-corrected chi connectivity index (χ2v) is 5.20. The van der Waals surface area contributed by atoms with Gasteiger partial charge in [0, 0.05) is 4.47 Å². The van der Waals surface area contributed by atoms with Crippen LogP contribution in [0.15, 0.2) is 22.7 Å². The predicted octanol–water partition coefficient (Wildman–Crippen LogP) is 4.17. The van der Waals surface area contributed by atoms with Crippen molar-refractivity contribution in [1.29, 1.82) is 5.26 Å². The Kier molecular flexibility index (Phi) is 4.03. The van der Waals surface area contributed by atoms with Gasteiger partial charge in [-0.05, 0) is 37.6 Å².